The van der Waals surface area contributed by atoms with Gasteiger partial charge in [0.25, 0.3) is 0 Å². The molecule has 0 aromatic heterocycles. The molecule has 2 aliphatic rings. The molecule has 2 heteroatoms. The number of hydrogen-bond donors (Lipinski definition) is 0. The van der Waals surface area contributed by atoms with Gasteiger partial charge in [0.1, 0.15) is 18.8 Å². The van der Waals surface area contributed by atoms with E-state index >= 15 is 0 Å². The van der Waals surface area contributed by atoms with Crippen LogP contribution in [-0.4, -0.2) is 56.3 Å². The van der Waals surface area contributed by atoms with E-state index in [0.29, 0.717) is 0 Å². The van der Waals surface area contributed by atoms with Gasteiger partial charge in [0.15, 0.2) is 0 Å². The van der Waals surface area contributed by atoms with Crippen LogP contribution in [-0.2, 0) is 0 Å². The first-order valence-corrected chi connectivity index (χ1v) is 9.27. The Bertz CT molecular complexity index is 347. The first-order chi connectivity index (χ1) is 9.92. The molecular weight excluding hydrogens is 256 g/mol. The molecule has 0 aromatic carbocycles. The normalized spacial score (nSPS) is 22.8. The van der Waals surface area contributed by atoms with Crippen molar-refractivity contribution in [2.75, 3.05) is 41.3 Å². The second-order valence-electron chi connectivity index (χ2n) is 8.50. The number of quaternary nitrogens is 2. The van der Waals surface area contributed by atoms with Gasteiger partial charge in [-0.05, 0) is 51.0 Å². The Kier molecular flexibility index (Phi) is 5.90. The number of rotatable bonds is 5. The van der Waals surface area contributed by atoms with Crippen molar-refractivity contribution in [2.24, 2.45) is 0 Å². The fourth-order valence-electron chi connectivity index (χ4n) is 4.16. The predicted octanol–water partition coefficient (Wildman–Crippen LogP) is 4.32. The lowest BCUT2D eigenvalue weighted by Gasteiger charge is -2.41. The van der Waals surface area contributed by atoms with Crippen LogP contribution < -0.4 is 0 Å². The smallest absolute Gasteiger partial charge is 0.132 e. The molecule has 122 valence electrons. The van der Waals surface area contributed by atoms with E-state index in [1.807, 2.05) is 0 Å². The summed E-state index contributed by atoms with van der Waals surface area (Å²) in [5.74, 6) is 0. The van der Waals surface area contributed by atoms with Gasteiger partial charge >= 0.3 is 0 Å². The van der Waals surface area contributed by atoms with Gasteiger partial charge in [0.2, 0.25) is 0 Å². The Hall–Kier alpha value is -0.340. The summed E-state index contributed by atoms with van der Waals surface area (Å²) in [4.78, 5) is 0. The Morgan fingerprint density at radius 2 is 1.52 bits per heavy atom. The summed E-state index contributed by atoms with van der Waals surface area (Å²) in [5.41, 5.74) is 1.68. The lowest BCUT2D eigenvalue weighted by Crippen LogP contribution is -2.55. The number of hydrogen-bond acceptors (Lipinski definition) is 0. The summed E-state index contributed by atoms with van der Waals surface area (Å²) in [6, 6.07) is 0.896. The van der Waals surface area contributed by atoms with Crippen molar-refractivity contribution in [3.05, 3.63) is 11.8 Å². The van der Waals surface area contributed by atoms with Gasteiger partial charge in [0.05, 0.1) is 34.2 Å². The third-order valence-corrected chi connectivity index (χ3v) is 6.09. The zero-order valence-electron chi connectivity index (χ0n) is 15.0. The zero-order valence-corrected chi connectivity index (χ0v) is 15.0. The van der Waals surface area contributed by atoms with Crippen LogP contribution in [0.2, 0.25) is 0 Å². The van der Waals surface area contributed by atoms with Crippen molar-refractivity contribution >= 4 is 0 Å². The van der Waals surface area contributed by atoms with Gasteiger partial charge in [-0.1, -0.05) is 12.8 Å². The molecule has 0 saturated heterocycles. The molecule has 0 bridgehead atoms. The number of allylic oxidation sites excluding steroid dienone is 2. The predicted molar refractivity (Wildman–Crippen MR) is 92.0 cm³/mol. The minimum atomic E-state index is 0.896. The molecule has 0 N–H and O–H groups in total. The Morgan fingerprint density at radius 3 is 2.10 bits per heavy atom. The van der Waals surface area contributed by atoms with E-state index in [4.69, 9.17) is 0 Å². The van der Waals surface area contributed by atoms with Gasteiger partial charge in [-0.25, -0.2) is 0 Å². The van der Waals surface area contributed by atoms with Crippen molar-refractivity contribution in [3.8, 4) is 0 Å². The summed E-state index contributed by atoms with van der Waals surface area (Å²) in [6.07, 6.45) is 16.7. The van der Waals surface area contributed by atoms with E-state index < -0.39 is 0 Å². The van der Waals surface area contributed by atoms with E-state index in [2.05, 4.69) is 34.3 Å². The van der Waals surface area contributed by atoms with E-state index in [-0.39, 0.29) is 0 Å². The SMILES string of the molecule is C[N+](C)(CC[N+](C)(C)C1CCCCCC1)C1=CCCCC1. The maximum absolute atomic E-state index is 2.52. The average molecular weight is 295 g/mol. The second kappa shape index (κ2) is 7.28. The average Bonchev–Trinajstić information content (AvgIpc) is 2.76. The Morgan fingerprint density at radius 1 is 0.857 bits per heavy atom. The largest absolute Gasteiger partial charge is 0.321 e. The lowest BCUT2D eigenvalue weighted by molar-refractivity contribution is -0.947. The van der Waals surface area contributed by atoms with Crippen molar-refractivity contribution in [1.29, 1.82) is 0 Å². The van der Waals surface area contributed by atoms with E-state index in [0.717, 1.165) is 10.5 Å². The van der Waals surface area contributed by atoms with E-state index in [1.54, 1.807) is 5.70 Å². The molecular formula is C19H38N2+2. The molecule has 2 aliphatic carbocycles. The molecule has 0 aromatic rings. The van der Waals surface area contributed by atoms with E-state index in [1.165, 1.54) is 81.8 Å². The van der Waals surface area contributed by atoms with Gasteiger partial charge in [-0.3, -0.25) is 4.48 Å². The monoisotopic (exact) mass is 294 g/mol. The fraction of sp³-hybridized carbons (Fsp3) is 0.895. The van der Waals surface area contributed by atoms with Gasteiger partial charge < -0.3 is 4.48 Å². The maximum Gasteiger partial charge on any atom is 0.132 e. The standard InChI is InChI=1S/C19H38N2/c1-20(2,18-12-8-5-6-9-13-18)16-17-21(3,4)19-14-10-7-11-15-19/h14,18H,5-13,15-17H2,1-4H3/q+2. The zero-order chi connectivity index (χ0) is 15.3. The molecule has 0 amide bonds. The maximum atomic E-state index is 2.52. The van der Waals surface area contributed by atoms with Crippen LogP contribution in [0.4, 0.5) is 0 Å². The van der Waals surface area contributed by atoms with Crippen molar-refractivity contribution in [1.82, 2.24) is 0 Å². The number of nitrogens with zero attached hydrogens (tertiary/aromatic N) is 2. The van der Waals surface area contributed by atoms with Crippen LogP contribution in [0.25, 0.3) is 0 Å². The molecule has 21 heavy (non-hydrogen) atoms. The summed E-state index contributed by atoms with van der Waals surface area (Å²) in [7, 11) is 9.80. The summed E-state index contributed by atoms with van der Waals surface area (Å²) in [6.45, 7) is 2.60. The topological polar surface area (TPSA) is 0 Å². The number of likely N-dealkylation sites (N-methyl/N-ethyl adjacent to an activating group) is 2. The molecule has 0 radical (unpaired) electrons. The van der Waals surface area contributed by atoms with Crippen LogP contribution in [0.3, 0.4) is 0 Å². The first-order valence-electron chi connectivity index (χ1n) is 9.27. The van der Waals surface area contributed by atoms with Crippen LogP contribution in [0.5, 0.6) is 0 Å². The summed E-state index contributed by atoms with van der Waals surface area (Å²) in [5, 5.41) is 0. The van der Waals surface area contributed by atoms with Gasteiger partial charge in [-0.2, -0.15) is 0 Å². The minimum absolute atomic E-state index is 0.896. The molecule has 2 nitrogen and oxygen atoms in total. The van der Waals surface area contributed by atoms with Gasteiger partial charge in [-0.15, -0.1) is 0 Å². The molecule has 1 fully saturated rings. The highest BCUT2D eigenvalue weighted by Crippen LogP contribution is 2.27. The molecule has 0 heterocycles. The van der Waals surface area contributed by atoms with Crippen molar-refractivity contribution in [3.63, 3.8) is 0 Å². The third kappa shape index (κ3) is 4.82. The molecule has 0 unspecified atom stereocenters. The minimum Gasteiger partial charge on any atom is -0.321 e. The summed E-state index contributed by atoms with van der Waals surface area (Å²) < 4.78 is 2.35. The van der Waals surface area contributed by atoms with E-state index in [9.17, 15) is 0 Å². The summed E-state index contributed by atoms with van der Waals surface area (Å²) >= 11 is 0. The van der Waals surface area contributed by atoms with Gasteiger partial charge in [0, 0.05) is 6.42 Å². The van der Waals surface area contributed by atoms with Crippen molar-refractivity contribution in [2.45, 2.75) is 70.3 Å². The molecule has 0 aliphatic heterocycles. The quantitative estimate of drug-likeness (QED) is 0.523. The fourth-order valence-corrected chi connectivity index (χ4v) is 4.16. The van der Waals surface area contributed by atoms with Crippen LogP contribution in [0.15, 0.2) is 11.8 Å². The Labute approximate surface area is 133 Å². The molecule has 2 rings (SSSR count). The molecule has 0 spiro atoms. The molecule has 1 saturated carbocycles. The Balaban J connectivity index is 1.91. The second-order valence-corrected chi connectivity index (χ2v) is 8.50. The highest BCUT2D eigenvalue weighted by molar-refractivity contribution is 4.96. The first kappa shape index (κ1) is 17.0. The van der Waals surface area contributed by atoms with Crippen LogP contribution >= 0.6 is 0 Å². The highest BCUT2D eigenvalue weighted by atomic mass is 15.4. The van der Waals surface area contributed by atoms with Crippen molar-refractivity contribution < 1.29 is 8.97 Å². The lowest BCUT2D eigenvalue weighted by atomic mass is 10.0. The van der Waals surface area contributed by atoms with Crippen LogP contribution in [0, 0.1) is 0 Å². The third-order valence-electron chi connectivity index (χ3n) is 6.09. The molecule has 0 atom stereocenters. The highest BCUT2D eigenvalue weighted by Gasteiger charge is 2.32. The van der Waals surface area contributed by atoms with Crippen LogP contribution in [0.1, 0.15) is 64.2 Å².